The van der Waals surface area contributed by atoms with Gasteiger partial charge in [-0.2, -0.15) is 0 Å². The molecule has 0 unspecified atom stereocenters. The Morgan fingerprint density at radius 1 is 1.30 bits per heavy atom. The molecule has 0 saturated heterocycles. The minimum atomic E-state index is 0.0316. The Morgan fingerprint density at radius 3 is 2.90 bits per heavy atom. The Kier molecular flexibility index (Phi) is 3.26. The molecule has 4 heteroatoms. The Morgan fingerprint density at radius 2 is 2.10 bits per heavy atom. The number of hydrogen-bond donors (Lipinski definition) is 1. The summed E-state index contributed by atoms with van der Waals surface area (Å²) in [7, 11) is 0. The molecule has 0 saturated carbocycles. The molecule has 0 radical (unpaired) electrons. The second-order valence-electron chi connectivity index (χ2n) is 5.03. The van der Waals surface area contributed by atoms with E-state index in [-0.39, 0.29) is 5.91 Å². The molecule has 1 aliphatic heterocycles. The first-order valence-corrected chi connectivity index (χ1v) is 7.32. The van der Waals surface area contributed by atoms with Crippen LogP contribution in [0.3, 0.4) is 0 Å². The zero-order chi connectivity index (χ0) is 14.3. The maximum atomic E-state index is 12.7. The Hall–Kier alpha value is -1.81. The maximum Gasteiger partial charge on any atom is 0.259 e. The predicted octanol–water partition coefficient (Wildman–Crippen LogP) is 3.54. The van der Waals surface area contributed by atoms with Crippen LogP contribution in [0.15, 0.2) is 40.9 Å². The van der Waals surface area contributed by atoms with Crippen molar-refractivity contribution in [2.24, 2.45) is 0 Å². The van der Waals surface area contributed by atoms with Gasteiger partial charge in [-0.1, -0.05) is 12.1 Å². The summed E-state index contributed by atoms with van der Waals surface area (Å²) in [5.41, 5.74) is 10.4. The lowest BCUT2D eigenvalue weighted by Gasteiger charge is -2.18. The number of carbonyl (C=O) groups is 1. The first kappa shape index (κ1) is 13.2. The second-order valence-corrected chi connectivity index (χ2v) is 5.82. The summed E-state index contributed by atoms with van der Waals surface area (Å²) in [5.74, 6) is 0.0316. The average Bonchev–Trinajstić information content (AvgIpc) is 2.84. The largest absolute Gasteiger partial charge is 0.399 e. The van der Waals surface area contributed by atoms with Crippen LogP contribution in [0.2, 0.25) is 0 Å². The highest BCUT2D eigenvalue weighted by Gasteiger charge is 2.26. The van der Waals surface area contributed by atoms with Crippen LogP contribution in [0, 0.1) is 6.92 Å². The molecule has 0 atom stereocenters. The van der Waals surface area contributed by atoms with Gasteiger partial charge in [0.05, 0.1) is 5.56 Å². The number of anilines is 2. The minimum Gasteiger partial charge on any atom is -0.399 e. The molecule has 0 spiro atoms. The highest BCUT2D eigenvalue weighted by Crippen LogP contribution is 2.32. The molecule has 1 aliphatic rings. The van der Waals surface area contributed by atoms with Gasteiger partial charge in [-0.3, -0.25) is 4.79 Å². The summed E-state index contributed by atoms with van der Waals surface area (Å²) < 4.78 is 0.869. The van der Waals surface area contributed by atoms with Gasteiger partial charge in [-0.25, -0.2) is 0 Å². The number of rotatable bonds is 1. The molecule has 1 heterocycles. The quantitative estimate of drug-likeness (QED) is 0.813. The number of nitrogens with two attached hydrogens (primary N) is 1. The highest BCUT2D eigenvalue weighted by molar-refractivity contribution is 9.10. The van der Waals surface area contributed by atoms with Gasteiger partial charge in [-0.15, -0.1) is 0 Å². The molecular weight excluding hydrogens is 316 g/mol. The van der Waals surface area contributed by atoms with Crippen molar-refractivity contribution in [3.8, 4) is 0 Å². The average molecular weight is 331 g/mol. The lowest BCUT2D eigenvalue weighted by Crippen LogP contribution is -2.29. The first-order valence-electron chi connectivity index (χ1n) is 6.53. The lowest BCUT2D eigenvalue weighted by molar-refractivity contribution is 0.0988. The third-order valence-electron chi connectivity index (χ3n) is 3.67. The van der Waals surface area contributed by atoms with E-state index in [1.54, 1.807) is 0 Å². The number of amides is 1. The molecule has 3 rings (SSSR count). The summed E-state index contributed by atoms with van der Waals surface area (Å²) in [4.78, 5) is 14.6. The SMILES string of the molecule is Cc1cccc(C(=O)N2CCc3cc(N)ccc32)c1Br. The number of benzene rings is 2. The number of nitrogens with zero attached hydrogens (tertiary/aromatic N) is 1. The monoisotopic (exact) mass is 330 g/mol. The Balaban J connectivity index is 2.00. The number of carbonyl (C=O) groups excluding carboxylic acids is 1. The zero-order valence-electron chi connectivity index (χ0n) is 11.2. The van der Waals surface area contributed by atoms with Gasteiger partial charge in [0.2, 0.25) is 0 Å². The van der Waals surface area contributed by atoms with Gasteiger partial charge in [-0.05, 0) is 64.7 Å². The van der Waals surface area contributed by atoms with Crippen molar-refractivity contribution in [1.82, 2.24) is 0 Å². The number of aryl methyl sites for hydroxylation is 1. The molecule has 1 amide bonds. The second kappa shape index (κ2) is 4.94. The van der Waals surface area contributed by atoms with E-state index in [0.29, 0.717) is 12.1 Å². The summed E-state index contributed by atoms with van der Waals surface area (Å²) in [6, 6.07) is 11.5. The fraction of sp³-hybridized carbons (Fsp3) is 0.188. The van der Waals surface area contributed by atoms with E-state index in [1.165, 1.54) is 0 Å². The molecule has 2 aromatic rings. The number of halogens is 1. The van der Waals surface area contributed by atoms with Crippen molar-refractivity contribution in [2.45, 2.75) is 13.3 Å². The van der Waals surface area contributed by atoms with Crippen LogP contribution in [-0.2, 0) is 6.42 Å². The molecule has 3 nitrogen and oxygen atoms in total. The third kappa shape index (κ3) is 2.10. The Labute approximate surface area is 126 Å². The molecule has 0 fully saturated rings. The van der Waals surface area contributed by atoms with Crippen LogP contribution < -0.4 is 10.6 Å². The van der Waals surface area contributed by atoms with Crippen LogP contribution in [0.25, 0.3) is 0 Å². The molecule has 0 aliphatic carbocycles. The van der Waals surface area contributed by atoms with Gasteiger partial charge < -0.3 is 10.6 Å². The van der Waals surface area contributed by atoms with Crippen molar-refractivity contribution in [1.29, 1.82) is 0 Å². The van der Waals surface area contributed by atoms with Crippen molar-refractivity contribution < 1.29 is 4.79 Å². The number of hydrogen-bond acceptors (Lipinski definition) is 2. The fourth-order valence-corrected chi connectivity index (χ4v) is 3.02. The van der Waals surface area contributed by atoms with Gasteiger partial charge in [0.15, 0.2) is 0 Å². The van der Waals surface area contributed by atoms with Gasteiger partial charge in [0.1, 0.15) is 0 Å². The molecule has 0 bridgehead atoms. The summed E-state index contributed by atoms with van der Waals surface area (Å²) in [6.07, 6.45) is 0.857. The number of fused-ring (bicyclic) bond motifs is 1. The van der Waals surface area contributed by atoms with E-state index in [1.807, 2.05) is 48.2 Å². The van der Waals surface area contributed by atoms with E-state index in [2.05, 4.69) is 15.9 Å². The minimum absolute atomic E-state index is 0.0316. The molecule has 0 aromatic heterocycles. The normalized spacial score (nSPS) is 13.4. The van der Waals surface area contributed by atoms with Crippen LogP contribution in [0.1, 0.15) is 21.5 Å². The van der Waals surface area contributed by atoms with Gasteiger partial charge >= 0.3 is 0 Å². The van der Waals surface area contributed by atoms with Crippen molar-refractivity contribution in [3.05, 3.63) is 57.6 Å². The van der Waals surface area contributed by atoms with E-state index < -0.39 is 0 Å². The van der Waals surface area contributed by atoms with Crippen molar-refractivity contribution in [3.63, 3.8) is 0 Å². The molecule has 20 heavy (non-hydrogen) atoms. The summed E-state index contributed by atoms with van der Waals surface area (Å²) >= 11 is 3.51. The van der Waals surface area contributed by atoms with Gasteiger partial charge in [0, 0.05) is 22.4 Å². The Bertz CT molecular complexity index is 697. The molecular formula is C16H15BrN2O. The summed E-state index contributed by atoms with van der Waals surface area (Å²) in [5, 5.41) is 0. The van der Waals surface area contributed by atoms with Crippen LogP contribution in [-0.4, -0.2) is 12.5 Å². The highest BCUT2D eigenvalue weighted by atomic mass is 79.9. The number of nitrogen functional groups attached to an aromatic ring is 1. The van der Waals surface area contributed by atoms with E-state index >= 15 is 0 Å². The van der Waals surface area contributed by atoms with Gasteiger partial charge in [0.25, 0.3) is 5.91 Å². The molecule has 2 N–H and O–H groups in total. The van der Waals surface area contributed by atoms with E-state index in [4.69, 9.17) is 5.73 Å². The lowest BCUT2D eigenvalue weighted by atomic mass is 10.1. The summed E-state index contributed by atoms with van der Waals surface area (Å²) in [6.45, 7) is 2.69. The van der Waals surface area contributed by atoms with Crippen molar-refractivity contribution in [2.75, 3.05) is 17.2 Å². The smallest absolute Gasteiger partial charge is 0.259 e. The standard InChI is InChI=1S/C16H15BrN2O/c1-10-3-2-4-13(15(10)17)16(20)19-8-7-11-9-12(18)5-6-14(11)19/h2-6,9H,7-8,18H2,1H3. The predicted molar refractivity (Wildman–Crippen MR) is 85.1 cm³/mol. The van der Waals surface area contributed by atoms with Crippen LogP contribution in [0.4, 0.5) is 11.4 Å². The van der Waals surface area contributed by atoms with E-state index in [0.717, 1.165) is 33.4 Å². The maximum absolute atomic E-state index is 12.7. The first-order chi connectivity index (χ1) is 9.58. The fourth-order valence-electron chi connectivity index (χ4n) is 2.59. The molecule has 2 aromatic carbocycles. The zero-order valence-corrected chi connectivity index (χ0v) is 12.8. The van der Waals surface area contributed by atoms with E-state index in [9.17, 15) is 4.79 Å². The van der Waals surface area contributed by atoms with Crippen LogP contribution >= 0.6 is 15.9 Å². The third-order valence-corrected chi connectivity index (χ3v) is 4.72. The van der Waals surface area contributed by atoms with Crippen molar-refractivity contribution >= 4 is 33.2 Å². The molecule has 102 valence electrons. The van der Waals surface area contributed by atoms with Crippen LogP contribution in [0.5, 0.6) is 0 Å². The topological polar surface area (TPSA) is 46.3 Å².